The predicted octanol–water partition coefficient (Wildman–Crippen LogP) is 5.12. The van der Waals surface area contributed by atoms with Crippen molar-refractivity contribution in [1.82, 2.24) is 0 Å². The van der Waals surface area contributed by atoms with Crippen LogP contribution in [-0.2, 0) is 17.6 Å². The number of anilines is 1. The first-order valence-corrected chi connectivity index (χ1v) is 10.0. The smallest absolute Gasteiger partial charge is 0.330 e. The van der Waals surface area contributed by atoms with Gasteiger partial charge in [-0.3, -0.25) is 0 Å². The Morgan fingerprint density at radius 1 is 1.16 bits per heavy atom. The highest BCUT2D eigenvalue weighted by Gasteiger charge is 2.24. The molecule has 1 atom stereocenters. The van der Waals surface area contributed by atoms with E-state index in [2.05, 4.69) is 5.32 Å². The maximum Gasteiger partial charge on any atom is 0.330 e. The third-order valence-electron chi connectivity index (χ3n) is 4.95. The van der Waals surface area contributed by atoms with Gasteiger partial charge >= 0.3 is 5.97 Å². The normalized spacial score (nSPS) is 11.4. The van der Waals surface area contributed by atoms with Gasteiger partial charge in [-0.1, -0.05) is 31.2 Å². The number of hydrogen-bond donors (Lipinski definition) is 2. The number of ether oxygens (including phenoxy) is 1. The fourth-order valence-corrected chi connectivity index (χ4v) is 3.23. The molecule has 3 aromatic carbocycles. The first-order valence-electron chi connectivity index (χ1n) is 10.0. The van der Waals surface area contributed by atoms with Crippen LogP contribution in [0, 0.1) is 17.1 Å². The Kier molecular flexibility index (Phi) is 7.23. The largest absolute Gasteiger partial charge is 0.493 e. The molecule has 0 radical (unpaired) electrons. The molecule has 0 heterocycles. The molecule has 31 heavy (non-hydrogen) atoms. The van der Waals surface area contributed by atoms with E-state index in [0.29, 0.717) is 34.5 Å². The predicted molar refractivity (Wildman–Crippen MR) is 117 cm³/mol. The molecule has 2 N–H and O–H groups in total. The van der Waals surface area contributed by atoms with Crippen molar-refractivity contribution in [3.8, 4) is 11.8 Å². The average Bonchev–Trinajstić information content (AvgIpc) is 2.79. The summed E-state index contributed by atoms with van der Waals surface area (Å²) in [6, 6.07) is 19.5. The molecule has 0 bridgehead atoms. The molecule has 0 unspecified atom stereocenters. The number of carboxylic acid groups (broad SMARTS) is 1. The molecule has 3 aromatic rings. The van der Waals surface area contributed by atoms with E-state index < -0.39 is 12.0 Å². The summed E-state index contributed by atoms with van der Waals surface area (Å²) in [6.07, 6.45) is 1.11. The van der Waals surface area contributed by atoms with Crippen molar-refractivity contribution in [1.29, 1.82) is 5.26 Å². The van der Waals surface area contributed by atoms with Gasteiger partial charge in [0.05, 0.1) is 18.2 Å². The maximum atomic E-state index is 13.9. The van der Waals surface area contributed by atoms with Crippen molar-refractivity contribution in [3.63, 3.8) is 0 Å². The van der Waals surface area contributed by atoms with Crippen molar-refractivity contribution in [3.05, 3.63) is 94.8 Å². The van der Waals surface area contributed by atoms with Crippen molar-refractivity contribution >= 4 is 11.7 Å². The molecule has 0 aromatic heterocycles. The van der Waals surface area contributed by atoms with Crippen LogP contribution in [0.1, 0.15) is 35.2 Å². The minimum absolute atomic E-state index is 0.211. The number of hydrogen-bond acceptors (Lipinski definition) is 4. The van der Waals surface area contributed by atoms with Crippen molar-refractivity contribution < 1.29 is 19.0 Å². The molecule has 5 nitrogen and oxygen atoms in total. The minimum atomic E-state index is -1.06. The molecular formula is C25H23FN2O3. The van der Waals surface area contributed by atoms with Crippen LogP contribution in [0.5, 0.6) is 5.75 Å². The number of nitriles is 1. The molecule has 0 aliphatic heterocycles. The monoisotopic (exact) mass is 418 g/mol. The molecule has 0 spiro atoms. The summed E-state index contributed by atoms with van der Waals surface area (Å²) in [4.78, 5) is 12.1. The van der Waals surface area contributed by atoms with Crippen molar-refractivity contribution in [2.75, 3.05) is 11.9 Å². The van der Waals surface area contributed by atoms with Gasteiger partial charge in [-0.05, 0) is 60.0 Å². The van der Waals surface area contributed by atoms with E-state index in [1.54, 1.807) is 48.5 Å². The average molecular weight is 418 g/mol. The first-order chi connectivity index (χ1) is 15.0. The number of benzene rings is 3. The molecule has 0 saturated carbocycles. The van der Waals surface area contributed by atoms with Crippen LogP contribution in [-0.4, -0.2) is 17.7 Å². The standard InChI is InChI=1S/C25H23FN2O3/c1-2-17-9-12-23(31-14-13-19-5-3-4-6-22(19)26)21(15-17)24(25(29)30)28-20-10-7-18(16-27)8-11-20/h3-12,15,24,28H,2,13-14H2,1H3,(H,29,30)/t24-/m1/s1. The van der Waals surface area contributed by atoms with E-state index in [9.17, 15) is 14.3 Å². The zero-order chi connectivity index (χ0) is 22.2. The number of halogens is 1. The Hall–Kier alpha value is -3.85. The van der Waals surface area contributed by atoms with Gasteiger partial charge in [-0.25, -0.2) is 9.18 Å². The summed E-state index contributed by atoms with van der Waals surface area (Å²) in [6.45, 7) is 2.20. The van der Waals surface area contributed by atoms with Gasteiger partial charge in [0.15, 0.2) is 6.04 Å². The van der Waals surface area contributed by atoms with Gasteiger partial charge in [0.1, 0.15) is 11.6 Å². The van der Waals surface area contributed by atoms with Gasteiger partial charge in [0, 0.05) is 17.7 Å². The minimum Gasteiger partial charge on any atom is -0.493 e. The van der Waals surface area contributed by atoms with Crippen LogP contribution in [0.15, 0.2) is 66.7 Å². The van der Waals surface area contributed by atoms with E-state index in [1.807, 2.05) is 25.1 Å². The van der Waals surface area contributed by atoms with Gasteiger partial charge in [-0.15, -0.1) is 0 Å². The van der Waals surface area contributed by atoms with Crippen LogP contribution < -0.4 is 10.1 Å². The highest BCUT2D eigenvalue weighted by Crippen LogP contribution is 2.30. The van der Waals surface area contributed by atoms with Crippen LogP contribution >= 0.6 is 0 Å². The maximum absolute atomic E-state index is 13.9. The van der Waals surface area contributed by atoms with Crippen LogP contribution in [0.25, 0.3) is 0 Å². The lowest BCUT2D eigenvalue weighted by molar-refractivity contribution is -0.138. The Morgan fingerprint density at radius 2 is 1.90 bits per heavy atom. The molecule has 0 aliphatic carbocycles. The molecule has 0 fully saturated rings. The quantitative estimate of drug-likeness (QED) is 0.504. The molecule has 0 aliphatic rings. The molecule has 0 amide bonds. The van der Waals surface area contributed by atoms with Gasteiger partial charge in [-0.2, -0.15) is 5.26 Å². The summed E-state index contributed by atoms with van der Waals surface area (Å²) in [5.41, 5.74) is 3.07. The number of rotatable bonds is 9. The fourth-order valence-electron chi connectivity index (χ4n) is 3.23. The molecule has 6 heteroatoms. The summed E-state index contributed by atoms with van der Waals surface area (Å²) in [7, 11) is 0. The van der Waals surface area contributed by atoms with E-state index >= 15 is 0 Å². The molecule has 3 rings (SSSR count). The second kappa shape index (κ2) is 10.3. The third-order valence-corrected chi connectivity index (χ3v) is 4.95. The lowest BCUT2D eigenvalue weighted by atomic mass is 10.0. The number of nitrogens with zero attached hydrogens (tertiary/aromatic N) is 1. The summed E-state index contributed by atoms with van der Waals surface area (Å²) in [5.74, 6) is -0.919. The lowest BCUT2D eigenvalue weighted by Crippen LogP contribution is -2.22. The summed E-state index contributed by atoms with van der Waals surface area (Å²) in [5, 5.41) is 21.9. The van der Waals surface area contributed by atoms with E-state index in [-0.39, 0.29) is 12.4 Å². The number of carboxylic acids is 1. The topological polar surface area (TPSA) is 82.3 Å². The van der Waals surface area contributed by atoms with Crippen LogP contribution in [0.4, 0.5) is 10.1 Å². The van der Waals surface area contributed by atoms with Crippen molar-refractivity contribution in [2.24, 2.45) is 0 Å². The summed E-state index contributed by atoms with van der Waals surface area (Å²) < 4.78 is 19.7. The Labute approximate surface area is 180 Å². The van der Waals surface area contributed by atoms with E-state index in [0.717, 1.165) is 12.0 Å². The number of aryl methyl sites for hydroxylation is 1. The number of aliphatic carboxylic acids is 1. The Bertz CT molecular complexity index is 1090. The van der Waals surface area contributed by atoms with Crippen LogP contribution in [0.3, 0.4) is 0 Å². The Morgan fingerprint density at radius 3 is 2.55 bits per heavy atom. The SMILES string of the molecule is CCc1ccc(OCCc2ccccc2F)c([C@@H](Nc2ccc(C#N)cc2)C(=O)O)c1. The highest BCUT2D eigenvalue weighted by molar-refractivity contribution is 5.80. The fraction of sp³-hybridized carbons (Fsp3) is 0.200. The molecular weight excluding hydrogens is 395 g/mol. The first kappa shape index (κ1) is 21.8. The number of carbonyl (C=O) groups is 1. The van der Waals surface area contributed by atoms with E-state index in [4.69, 9.17) is 10.00 Å². The third kappa shape index (κ3) is 5.61. The van der Waals surface area contributed by atoms with Crippen molar-refractivity contribution in [2.45, 2.75) is 25.8 Å². The zero-order valence-electron chi connectivity index (χ0n) is 17.1. The van der Waals surface area contributed by atoms with Gasteiger partial charge in [0.2, 0.25) is 0 Å². The van der Waals surface area contributed by atoms with Crippen LogP contribution in [0.2, 0.25) is 0 Å². The highest BCUT2D eigenvalue weighted by atomic mass is 19.1. The van der Waals surface area contributed by atoms with E-state index in [1.165, 1.54) is 6.07 Å². The lowest BCUT2D eigenvalue weighted by Gasteiger charge is -2.21. The van der Waals surface area contributed by atoms with Gasteiger partial charge in [0.25, 0.3) is 0 Å². The summed E-state index contributed by atoms with van der Waals surface area (Å²) >= 11 is 0. The Balaban J connectivity index is 1.84. The van der Waals surface area contributed by atoms with Gasteiger partial charge < -0.3 is 15.2 Å². The molecule has 158 valence electrons. The second-order valence-corrected chi connectivity index (χ2v) is 7.02. The second-order valence-electron chi connectivity index (χ2n) is 7.02. The number of nitrogens with one attached hydrogen (secondary N) is 1. The zero-order valence-corrected chi connectivity index (χ0v) is 17.1. The molecule has 0 saturated heterocycles.